The predicted molar refractivity (Wildman–Crippen MR) is 117 cm³/mol. The Morgan fingerprint density at radius 1 is 0.857 bits per heavy atom. The van der Waals surface area contributed by atoms with Gasteiger partial charge >= 0.3 is 0 Å². The molecule has 0 aliphatic heterocycles. The first kappa shape index (κ1) is 18.4. The first-order chi connectivity index (χ1) is 13.7. The second-order valence-corrected chi connectivity index (χ2v) is 7.24. The summed E-state index contributed by atoms with van der Waals surface area (Å²) in [7, 11) is 1.64. The molecule has 0 unspecified atom stereocenters. The van der Waals surface area contributed by atoms with Gasteiger partial charge in [0.2, 0.25) is 0 Å². The molecule has 0 atom stereocenters. The molecule has 140 valence electrons. The van der Waals surface area contributed by atoms with Crippen molar-refractivity contribution in [3.8, 4) is 5.75 Å². The predicted octanol–water partition coefficient (Wildman–Crippen LogP) is 6.15. The van der Waals surface area contributed by atoms with E-state index in [2.05, 4.69) is 10.0 Å². The van der Waals surface area contributed by atoms with E-state index in [0.29, 0.717) is 16.7 Å². The van der Waals surface area contributed by atoms with Gasteiger partial charge in [0.25, 0.3) is 0 Å². The number of nitrogens with one attached hydrogen (secondary N) is 2. The fourth-order valence-electron chi connectivity index (χ4n) is 2.61. The maximum atomic E-state index is 5.96. The lowest BCUT2D eigenvalue weighted by Gasteiger charge is -2.13. The number of hydrogen-bond donors (Lipinski definition) is 2. The van der Waals surface area contributed by atoms with Crippen molar-refractivity contribution in [2.75, 3.05) is 17.1 Å². The molecule has 7 heteroatoms. The van der Waals surface area contributed by atoms with Crippen LogP contribution in [0.15, 0.2) is 77.7 Å². The highest BCUT2D eigenvalue weighted by atomic mass is 35.5. The number of methoxy groups -OCH3 is 1. The Kier molecular flexibility index (Phi) is 5.50. The van der Waals surface area contributed by atoms with Crippen molar-refractivity contribution in [3.05, 3.63) is 77.8 Å². The number of hydrogen-bond acceptors (Lipinski definition) is 6. The number of ether oxygens (including phenoxy) is 1. The fourth-order valence-corrected chi connectivity index (χ4v) is 3.36. The molecule has 0 aliphatic carbocycles. The molecule has 0 saturated heterocycles. The third-order valence-electron chi connectivity index (χ3n) is 3.98. The lowest BCUT2D eigenvalue weighted by atomic mass is 10.3. The Bertz CT molecular complexity index is 1110. The zero-order valence-electron chi connectivity index (χ0n) is 15.0. The summed E-state index contributed by atoms with van der Waals surface area (Å²) in [5.41, 5.74) is 2.50. The molecule has 0 fully saturated rings. The van der Waals surface area contributed by atoms with Gasteiger partial charge in [0, 0.05) is 21.7 Å². The van der Waals surface area contributed by atoms with E-state index in [1.54, 1.807) is 7.11 Å². The highest BCUT2D eigenvalue weighted by molar-refractivity contribution is 8.00. The van der Waals surface area contributed by atoms with Gasteiger partial charge in [-0.05, 0) is 60.5 Å². The molecule has 1 heterocycles. The third kappa shape index (κ3) is 4.30. The highest BCUT2D eigenvalue weighted by Crippen LogP contribution is 2.30. The highest BCUT2D eigenvalue weighted by Gasteiger charge is 2.10. The number of rotatable bonds is 6. The van der Waals surface area contributed by atoms with E-state index in [9.17, 15) is 0 Å². The van der Waals surface area contributed by atoms with Crippen molar-refractivity contribution in [2.24, 2.45) is 0 Å². The van der Waals surface area contributed by atoms with Gasteiger partial charge in [0.1, 0.15) is 5.75 Å². The smallest absolute Gasteiger partial charge is 0.180 e. The second-order valence-electron chi connectivity index (χ2n) is 5.92. The van der Waals surface area contributed by atoms with Gasteiger partial charge in [-0.1, -0.05) is 29.8 Å². The average molecular weight is 409 g/mol. The van der Waals surface area contributed by atoms with Gasteiger partial charge in [-0.25, -0.2) is 9.97 Å². The summed E-state index contributed by atoms with van der Waals surface area (Å²) in [4.78, 5) is 10.5. The van der Waals surface area contributed by atoms with Crippen LogP contribution in [-0.4, -0.2) is 17.1 Å². The Hall–Kier alpha value is -2.96. The minimum Gasteiger partial charge on any atom is -0.497 e. The van der Waals surface area contributed by atoms with Gasteiger partial charge in [0.05, 0.1) is 18.1 Å². The summed E-state index contributed by atoms with van der Waals surface area (Å²) in [6, 6.07) is 23.1. The number of para-hydroxylation sites is 2. The second kappa shape index (κ2) is 8.37. The van der Waals surface area contributed by atoms with Crippen LogP contribution < -0.4 is 14.8 Å². The van der Waals surface area contributed by atoms with Crippen LogP contribution in [0.1, 0.15) is 0 Å². The first-order valence-corrected chi connectivity index (χ1v) is 9.77. The van der Waals surface area contributed by atoms with Crippen molar-refractivity contribution in [2.45, 2.75) is 4.90 Å². The number of nitrogens with zero attached hydrogens (tertiary/aromatic N) is 2. The zero-order chi connectivity index (χ0) is 19.3. The summed E-state index contributed by atoms with van der Waals surface area (Å²) < 4.78 is 8.60. The molecule has 28 heavy (non-hydrogen) atoms. The number of halogens is 1. The van der Waals surface area contributed by atoms with E-state index in [0.717, 1.165) is 27.4 Å². The van der Waals surface area contributed by atoms with Crippen LogP contribution in [0, 0.1) is 0 Å². The van der Waals surface area contributed by atoms with Gasteiger partial charge in [-0.15, -0.1) is 0 Å². The monoisotopic (exact) mass is 408 g/mol. The third-order valence-corrected chi connectivity index (χ3v) is 5.04. The molecule has 2 N–H and O–H groups in total. The molecule has 3 aromatic carbocycles. The molecule has 0 amide bonds. The van der Waals surface area contributed by atoms with Crippen molar-refractivity contribution in [3.63, 3.8) is 0 Å². The lowest BCUT2D eigenvalue weighted by molar-refractivity contribution is 0.415. The minimum absolute atomic E-state index is 0.633. The Morgan fingerprint density at radius 2 is 1.57 bits per heavy atom. The molecular weight excluding hydrogens is 392 g/mol. The van der Waals surface area contributed by atoms with Gasteiger partial charge in [-0.2, -0.15) is 0 Å². The SMILES string of the molecule is COc1cccc(Nc2nc3ccccc3nc2NSc2ccc(Cl)cc2)c1. The van der Waals surface area contributed by atoms with E-state index in [4.69, 9.17) is 26.3 Å². The van der Waals surface area contributed by atoms with Crippen LogP contribution in [0.4, 0.5) is 17.3 Å². The standard InChI is InChI=1S/C21H17ClN4OS/c1-27-16-6-4-5-15(13-16)23-20-21(25-19-8-3-2-7-18(19)24-20)26-28-17-11-9-14(22)10-12-17/h2-13H,1H3,(H,23,24)(H,25,26). The minimum atomic E-state index is 0.633. The molecule has 0 saturated carbocycles. The van der Waals surface area contributed by atoms with Crippen LogP contribution in [-0.2, 0) is 0 Å². The Morgan fingerprint density at radius 3 is 2.29 bits per heavy atom. The Balaban J connectivity index is 1.66. The van der Waals surface area contributed by atoms with Crippen molar-refractivity contribution < 1.29 is 4.74 Å². The van der Waals surface area contributed by atoms with Crippen LogP contribution in [0.25, 0.3) is 11.0 Å². The van der Waals surface area contributed by atoms with Crippen LogP contribution in [0.3, 0.4) is 0 Å². The molecule has 4 aromatic rings. The molecule has 5 nitrogen and oxygen atoms in total. The van der Waals surface area contributed by atoms with E-state index in [1.165, 1.54) is 11.9 Å². The van der Waals surface area contributed by atoms with E-state index < -0.39 is 0 Å². The van der Waals surface area contributed by atoms with Crippen LogP contribution >= 0.6 is 23.5 Å². The van der Waals surface area contributed by atoms with Crippen LogP contribution in [0.5, 0.6) is 5.75 Å². The number of aromatic nitrogens is 2. The molecule has 0 bridgehead atoms. The average Bonchev–Trinajstić information content (AvgIpc) is 2.73. The quantitative estimate of drug-likeness (QED) is 0.373. The number of benzene rings is 3. The van der Waals surface area contributed by atoms with Gasteiger partial charge in [0.15, 0.2) is 11.6 Å². The number of fused-ring (bicyclic) bond motifs is 1. The maximum absolute atomic E-state index is 5.96. The van der Waals surface area contributed by atoms with Gasteiger partial charge < -0.3 is 14.8 Å². The maximum Gasteiger partial charge on any atom is 0.180 e. The zero-order valence-corrected chi connectivity index (χ0v) is 16.6. The van der Waals surface area contributed by atoms with Crippen molar-refractivity contribution in [1.82, 2.24) is 9.97 Å². The van der Waals surface area contributed by atoms with E-state index >= 15 is 0 Å². The van der Waals surface area contributed by atoms with Crippen LogP contribution in [0.2, 0.25) is 5.02 Å². The van der Waals surface area contributed by atoms with E-state index in [1.807, 2.05) is 72.8 Å². The summed E-state index contributed by atoms with van der Waals surface area (Å²) in [6.07, 6.45) is 0. The molecule has 0 radical (unpaired) electrons. The largest absolute Gasteiger partial charge is 0.497 e. The molecular formula is C21H17ClN4OS. The molecule has 4 rings (SSSR count). The normalized spacial score (nSPS) is 10.6. The van der Waals surface area contributed by atoms with Crippen molar-refractivity contribution >= 4 is 51.9 Å². The van der Waals surface area contributed by atoms with Crippen molar-refractivity contribution in [1.29, 1.82) is 0 Å². The van der Waals surface area contributed by atoms with Gasteiger partial charge in [-0.3, -0.25) is 0 Å². The summed E-state index contributed by atoms with van der Waals surface area (Å²) in [6.45, 7) is 0. The molecule has 1 aromatic heterocycles. The summed E-state index contributed by atoms with van der Waals surface area (Å²) in [5.74, 6) is 2.04. The summed E-state index contributed by atoms with van der Waals surface area (Å²) >= 11 is 7.41. The Labute approximate surface area is 172 Å². The lowest BCUT2D eigenvalue weighted by Crippen LogP contribution is -2.02. The van der Waals surface area contributed by atoms with E-state index in [-0.39, 0.29) is 0 Å². The molecule has 0 aliphatic rings. The molecule has 0 spiro atoms. The number of anilines is 3. The summed E-state index contributed by atoms with van der Waals surface area (Å²) in [5, 5.41) is 4.04. The topological polar surface area (TPSA) is 59.1 Å². The fraction of sp³-hybridized carbons (Fsp3) is 0.0476. The first-order valence-electron chi connectivity index (χ1n) is 8.57.